The third kappa shape index (κ3) is 1.52. The molecule has 1 aromatic carbocycles. The molecule has 1 aliphatic rings. The zero-order chi connectivity index (χ0) is 11.1. The van der Waals surface area contributed by atoms with Crippen molar-refractivity contribution in [2.24, 2.45) is 5.73 Å². The minimum absolute atomic E-state index is 0.291. The van der Waals surface area contributed by atoms with Crippen LogP contribution >= 0.6 is 0 Å². The number of benzene rings is 1. The molecule has 0 unspecified atom stereocenters. The van der Waals surface area contributed by atoms with Gasteiger partial charge >= 0.3 is 0 Å². The van der Waals surface area contributed by atoms with Gasteiger partial charge in [-0.05, 0) is 36.6 Å². The van der Waals surface area contributed by atoms with Crippen LogP contribution in [0, 0.1) is 13.8 Å². The van der Waals surface area contributed by atoms with E-state index in [0.29, 0.717) is 13.2 Å². The molecule has 0 radical (unpaired) electrons. The average molecular weight is 207 g/mol. The highest BCUT2D eigenvalue weighted by Crippen LogP contribution is 2.33. The summed E-state index contributed by atoms with van der Waals surface area (Å²) < 4.78 is 10.5. The lowest BCUT2D eigenvalue weighted by Crippen LogP contribution is -2.54. The molecule has 0 saturated carbocycles. The number of hydrogen-bond acceptors (Lipinski definition) is 3. The maximum Gasteiger partial charge on any atom is 0.122 e. The van der Waals surface area contributed by atoms with Gasteiger partial charge in [0.05, 0.1) is 25.9 Å². The van der Waals surface area contributed by atoms with Gasteiger partial charge in [-0.1, -0.05) is 6.07 Å². The predicted molar refractivity (Wildman–Crippen MR) is 59.2 cm³/mol. The molecule has 0 aliphatic carbocycles. The van der Waals surface area contributed by atoms with Crippen LogP contribution in [0.1, 0.15) is 16.7 Å². The molecule has 1 aromatic rings. The summed E-state index contributed by atoms with van der Waals surface area (Å²) in [4.78, 5) is 0. The van der Waals surface area contributed by atoms with E-state index in [4.69, 9.17) is 15.2 Å². The highest BCUT2D eigenvalue weighted by molar-refractivity contribution is 5.47. The molecule has 1 heterocycles. The van der Waals surface area contributed by atoms with Crippen molar-refractivity contribution in [3.05, 3.63) is 28.8 Å². The van der Waals surface area contributed by atoms with Gasteiger partial charge in [0.1, 0.15) is 5.75 Å². The van der Waals surface area contributed by atoms with Gasteiger partial charge in [0.25, 0.3) is 0 Å². The van der Waals surface area contributed by atoms with E-state index in [1.807, 2.05) is 12.1 Å². The minimum atomic E-state index is -0.291. The Labute approximate surface area is 90.2 Å². The molecule has 82 valence electrons. The van der Waals surface area contributed by atoms with E-state index in [1.54, 1.807) is 7.11 Å². The Morgan fingerprint density at radius 1 is 1.27 bits per heavy atom. The van der Waals surface area contributed by atoms with Gasteiger partial charge in [-0.2, -0.15) is 0 Å². The van der Waals surface area contributed by atoms with Crippen LogP contribution in [-0.2, 0) is 10.3 Å². The second kappa shape index (κ2) is 3.51. The van der Waals surface area contributed by atoms with Crippen LogP contribution in [-0.4, -0.2) is 20.3 Å². The van der Waals surface area contributed by atoms with Crippen molar-refractivity contribution in [1.82, 2.24) is 0 Å². The van der Waals surface area contributed by atoms with E-state index in [1.165, 1.54) is 11.1 Å². The molecule has 0 bridgehead atoms. The zero-order valence-electron chi connectivity index (χ0n) is 9.46. The van der Waals surface area contributed by atoms with Crippen molar-refractivity contribution in [1.29, 1.82) is 0 Å². The van der Waals surface area contributed by atoms with Crippen LogP contribution in [0.25, 0.3) is 0 Å². The highest BCUT2D eigenvalue weighted by Gasteiger charge is 2.37. The standard InChI is InChI=1S/C12H17NO2/c1-8-9(2)11(14-3)5-4-10(8)12(13)6-15-7-12/h4-5H,6-7,13H2,1-3H3. The predicted octanol–water partition coefficient (Wildman–Crippen LogP) is 1.50. The number of rotatable bonds is 2. The van der Waals surface area contributed by atoms with Crippen molar-refractivity contribution < 1.29 is 9.47 Å². The molecule has 0 amide bonds. The van der Waals surface area contributed by atoms with Crippen LogP contribution in [0.5, 0.6) is 5.75 Å². The Morgan fingerprint density at radius 3 is 2.40 bits per heavy atom. The van der Waals surface area contributed by atoms with Gasteiger partial charge in [-0.15, -0.1) is 0 Å². The molecule has 1 saturated heterocycles. The molecule has 0 atom stereocenters. The van der Waals surface area contributed by atoms with E-state index >= 15 is 0 Å². The number of hydrogen-bond donors (Lipinski definition) is 1. The normalized spacial score (nSPS) is 18.4. The molecule has 1 aliphatic heterocycles. The quantitative estimate of drug-likeness (QED) is 0.799. The molecule has 1 fully saturated rings. The van der Waals surface area contributed by atoms with Crippen LogP contribution < -0.4 is 10.5 Å². The topological polar surface area (TPSA) is 44.5 Å². The summed E-state index contributed by atoms with van der Waals surface area (Å²) in [5, 5.41) is 0. The summed E-state index contributed by atoms with van der Waals surface area (Å²) in [7, 11) is 1.69. The maximum atomic E-state index is 6.22. The fourth-order valence-corrected chi connectivity index (χ4v) is 2.03. The van der Waals surface area contributed by atoms with Crippen LogP contribution in [0.15, 0.2) is 12.1 Å². The first-order valence-electron chi connectivity index (χ1n) is 5.10. The number of methoxy groups -OCH3 is 1. The second-order valence-corrected chi connectivity index (χ2v) is 4.21. The van der Waals surface area contributed by atoms with E-state index in [2.05, 4.69) is 13.8 Å². The summed E-state index contributed by atoms with van der Waals surface area (Å²) >= 11 is 0. The largest absolute Gasteiger partial charge is 0.496 e. The molecule has 15 heavy (non-hydrogen) atoms. The van der Waals surface area contributed by atoms with E-state index in [0.717, 1.165) is 11.3 Å². The molecule has 0 spiro atoms. The van der Waals surface area contributed by atoms with Gasteiger partial charge in [0, 0.05) is 0 Å². The second-order valence-electron chi connectivity index (χ2n) is 4.21. The van der Waals surface area contributed by atoms with E-state index < -0.39 is 0 Å². The van der Waals surface area contributed by atoms with Gasteiger partial charge in [0.2, 0.25) is 0 Å². The smallest absolute Gasteiger partial charge is 0.122 e. The van der Waals surface area contributed by atoms with Crippen molar-refractivity contribution in [3.63, 3.8) is 0 Å². The summed E-state index contributed by atoms with van der Waals surface area (Å²) in [6.45, 7) is 5.36. The zero-order valence-corrected chi connectivity index (χ0v) is 9.46. The lowest BCUT2D eigenvalue weighted by atomic mass is 9.84. The number of nitrogens with two attached hydrogens (primary N) is 1. The lowest BCUT2D eigenvalue weighted by molar-refractivity contribution is -0.0572. The molecule has 0 aromatic heterocycles. The third-order valence-electron chi connectivity index (χ3n) is 3.21. The van der Waals surface area contributed by atoms with Crippen molar-refractivity contribution >= 4 is 0 Å². The highest BCUT2D eigenvalue weighted by atomic mass is 16.5. The Morgan fingerprint density at radius 2 is 1.93 bits per heavy atom. The first-order valence-corrected chi connectivity index (χ1v) is 5.10. The Balaban J connectivity index is 2.46. The van der Waals surface area contributed by atoms with Gasteiger partial charge < -0.3 is 15.2 Å². The first kappa shape index (κ1) is 10.5. The van der Waals surface area contributed by atoms with Crippen molar-refractivity contribution in [2.75, 3.05) is 20.3 Å². The fraction of sp³-hybridized carbons (Fsp3) is 0.500. The van der Waals surface area contributed by atoms with Gasteiger partial charge in [-0.25, -0.2) is 0 Å². The van der Waals surface area contributed by atoms with Crippen LogP contribution in [0.3, 0.4) is 0 Å². The fourth-order valence-electron chi connectivity index (χ4n) is 2.03. The maximum absolute atomic E-state index is 6.22. The SMILES string of the molecule is COc1ccc(C2(N)COC2)c(C)c1C. The Bertz CT molecular complexity index is 383. The first-order chi connectivity index (χ1) is 7.08. The molecule has 2 N–H and O–H groups in total. The van der Waals surface area contributed by atoms with Gasteiger partial charge in [0.15, 0.2) is 0 Å². The van der Waals surface area contributed by atoms with Crippen LogP contribution in [0.2, 0.25) is 0 Å². The molecule has 3 heteroatoms. The van der Waals surface area contributed by atoms with E-state index in [-0.39, 0.29) is 5.54 Å². The van der Waals surface area contributed by atoms with Crippen molar-refractivity contribution in [2.45, 2.75) is 19.4 Å². The van der Waals surface area contributed by atoms with Gasteiger partial charge in [-0.3, -0.25) is 0 Å². The summed E-state index contributed by atoms with van der Waals surface area (Å²) in [6, 6.07) is 4.02. The molecular weight excluding hydrogens is 190 g/mol. The van der Waals surface area contributed by atoms with Crippen molar-refractivity contribution in [3.8, 4) is 5.75 Å². The minimum Gasteiger partial charge on any atom is -0.496 e. The number of ether oxygens (including phenoxy) is 2. The summed E-state index contributed by atoms with van der Waals surface area (Å²) in [5.74, 6) is 0.917. The molecule has 2 rings (SSSR count). The third-order valence-corrected chi connectivity index (χ3v) is 3.21. The Hall–Kier alpha value is -1.06. The van der Waals surface area contributed by atoms with E-state index in [9.17, 15) is 0 Å². The summed E-state index contributed by atoms with van der Waals surface area (Å²) in [6.07, 6.45) is 0. The summed E-state index contributed by atoms with van der Waals surface area (Å²) in [5.41, 5.74) is 9.47. The molecular formula is C12H17NO2. The monoisotopic (exact) mass is 207 g/mol. The average Bonchev–Trinajstić information content (AvgIpc) is 2.19. The lowest BCUT2D eigenvalue weighted by Gasteiger charge is -2.39. The molecule has 3 nitrogen and oxygen atoms in total. The Kier molecular flexibility index (Phi) is 2.44. The van der Waals surface area contributed by atoms with Crippen LogP contribution in [0.4, 0.5) is 0 Å².